The van der Waals surface area contributed by atoms with Crippen molar-refractivity contribution in [1.29, 1.82) is 0 Å². The largest absolute Gasteiger partial charge is 0.481 e. The SMILES string of the molecule is N/N=C1\CCCC(C(=O)O)C1. The molecule has 0 aromatic heterocycles. The number of hydrogen-bond donors (Lipinski definition) is 2. The maximum absolute atomic E-state index is 10.5. The van der Waals surface area contributed by atoms with E-state index in [2.05, 4.69) is 5.10 Å². The molecule has 11 heavy (non-hydrogen) atoms. The van der Waals surface area contributed by atoms with Crippen LogP contribution in [-0.4, -0.2) is 16.8 Å². The van der Waals surface area contributed by atoms with E-state index < -0.39 is 5.97 Å². The van der Waals surface area contributed by atoms with Gasteiger partial charge in [0.25, 0.3) is 0 Å². The van der Waals surface area contributed by atoms with Crippen molar-refractivity contribution in [3.8, 4) is 0 Å². The minimum Gasteiger partial charge on any atom is -0.481 e. The van der Waals surface area contributed by atoms with Crippen LogP contribution >= 0.6 is 0 Å². The van der Waals surface area contributed by atoms with E-state index >= 15 is 0 Å². The van der Waals surface area contributed by atoms with E-state index in [4.69, 9.17) is 10.9 Å². The number of aliphatic carboxylic acids is 1. The molecule has 0 amide bonds. The fraction of sp³-hybridized carbons (Fsp3) is 0.714. The van der Waals surface area contributed by atoms with E-state index in [9.17, 15) is 4.79 Å². The van der Waals surface area contributed by atoms with E-state index in [1.54, 1.807) is 0 Å². The first-order valence-electron chi connectivity index (χ1n) is 3.72. The molecule has 0 spiro atoms. The molecular formula is C7H12N2O2. The maximum Gasteiger partial charge on any atom is 0.306 e. The third-order valence-electron chi connectivity index (χ3n) is 2.03. The van der Waals surface area contributed by atoms with Crippen LogP contribution in [0.1, 0.15) is 25.7 Å². The molecule has 0 bridgehead atoms. The van der Waals surface area contributed by atoms with Crippen LogP contribution in [0, 0.1) is 5.92 Å². The Balaban J connectivity index is 2.53. The number of carboxylic acids is 1. The van der Waals surface area contributed by atoms with Crippen LogP contribution in [0.15, 0.2) is 5.10 Å². The quantitative estimate of drug-likeness (QED) is 0.430. The summed E-state index contributed by atoms with van der Waals surface area (Å²) in [6, 6.07) is 0. The molecule has 0 aromatic carbocycles. The lowest BCUT2D eigenvalue weighted by molar-refractivity contribution is -0.141. The average Bonchev–Trinajstić information content (AvgIpc) is 2.05. The molecule has 62 valence electrons. The van der Waals surface area contributed by atoms with Crippen molar-refractivity contribution in [2.24, 2.45) is 16.9 Å². The van der Waals surface area contributed by atoms with Gasteiger partial charge in [-0.2, -0.15) is 5.10 Å². The monoisotopic (exact) mass is 156 g/mol. The Morgan fingerprint density at radius 1 is 1.73 bits per heavy atom. The number of carboxylic acid groups (broad SMARTS) is 1. The van der Waals surface area contributed by atoms with Gasteiger partial charge in [0.15, 0.2) is 0 Å². The van der Waals surface area contributed by atoms with Crippen molar-refractivity contribution in [3.05, 3.63) is 0 Å². The van der Waals surface area contributed by atoms with Gasteiger partial charge in [-0.3, -0.25) is 4.79 Å². The van der Waals surface area contributed by atoms with Crippen LogP contribution < -0.4 is 5.84 Å². The minimum absolute atomic E-state index is 0.258. The van der Waals surface area contributed by atoms with Gasteiger partial charge in [-0.15, -0.1) is 0 Å². The summed E-state index contributed by atoms with van der Waals surface area (Å²) in [5.41, 5.74) is 0.837. The smallest absolute Gasteiger partial charge is 0.306 e. The molecule has 1 fully saturated rings. The lowest BCUT2D eigenvalue weighted by Gasteiger charge is -2.18. The fourth-order valence-corrected chi connectivity index (χ4v) is 1.37. The Morgan fingerprint density at radius 2 is 2.45 bits per heavy atom. The number of nitrogens with zero attached hydrogens (tertiary/aromatic N) is 1. The number of rotatable bonds is 1. The van der Waals surface area contributed by atoms with Crippen molar-refractivity contribution < 1.29 is 9.90 Å². The molecule has 1 rings (SSSR count). The third-order valence-corrected chi connectivity index (χ3v) is 2.03. The van der Waals surface area contributed by atoms with Gasteiger partial charge in [0, 0.05) is 12.1 Å². The number of hydrogen-bond acceptors (Lipinski definition) is 3. The molecule has 4 heteroatoms. The van der Waals surface area contributed by atoms with E-state index in [1.165, 1.54) is 0 Å². The molecule has 1 aliphatic rings. The van der Waals surface area contributed by atoms with Crippen LogP contribution in [0.2, 0.25) is 0 Å². The summed E-state index contributed by atoms with van der Waals surface area (Å²) in [5.74, 6) is 4.07. The predicted molar refractivity (Wildman–Crippen MR) is 41.2 cm³/mol. The van der Waals surface area contributed by atoms with Crippen molar-refractivity contribution in [1.82, 2.24) is 0 Å². The van der Waals surface area contributed by atoms with Crippen molar-refractivity contribution >= 4 is 11.7 Å². The van der Waals surface area contributed by atoms with E-state index in [0.29, 0.717) is 6.42 Å². The van der Waals surface area contributed by atoms with E-state index in [1.807, 2.05) is 0 Å². The summed E-state index contributed by atoms with van der Waals surface area (Å²) >= 11 is 0. The average molecular weight is 156 g/mol. The van der Waals surface area contributed by atoms with E-state index in [0.717, 1.165) is 25.0 Å². The Kier molecular flexibility index (Phi) is 2.46. The van der Waals surface area contributed by atoms with Crippen LogP contribution in [0.3, 0.4) is 0 Å². The summed E-state index contributed by atoms with van der Waals surface area (Å²) in [6.07, 6.45) is 3.05. The predicted octanol–water partition coefficient (Wildman–Crippen LogP) is 0.576. The summed E-state index contributed by atoms with van der Waals surface area (Å²) in [7, 11) is 0. The molecule has 0 aromatic rings. The lowest BCUT2D eigenvalue weighted by Crippen LogP contribution is -2.23. The molecule has 1 unspecified atom stereocenters. The molecule has 1 aliphatic carbocycles. The molecule has 1 saturated carbocycles. The molecular weight excluding hydrogens is 144 g/mol. The van der Waals surface area contributed by atoms with Gasteiger partial charge in [0.05, 0.1) is 5.92 Å². The summed E-state index contributed by atoms with van der Waals surface area (Å²) in [4.78, 5) is 10.5. The highest BCUT2D eigenvalue weighted by atomic mass is 16.4. The van der Waals surface area contributed by atoms with Crippen LogP contribution in [0.25, 0.3) is 0 Å². The zero-order chi connectivity index (χ0) is 8.27. The van der Waals surface area contributed by atoms with Gasteiger partial charge in [-0.1, -0.05) is 0 Å². The highest BCUT2D eigenvalue weighted by Crippen LogP contribution is 2.21. The van der Waals surface area contributed by atoms with Gasteiger partial charge in [-0.05, 0) is 19.3 Å². The lowest BCUT2D eigenvalue weighted by atomic mass is 9.88. The number of hydrazone groups is 1. The standard InChI is InChI=1S/C7H12N2O2/c8-9-6-3-1-2-5(4-6)7(10)11/h5H,1-4,8H2,(H,10,11)/b9-6+. The summed E-state index contributed by atoms with van der Waals surface area (Å²) in [6.45, 7) is 0. The number of nitrogens with two attached hydrogens (primary N) is 1. The first kappa shape index (κ1) is 8.04. The van der Waals surface area contributed by atoms with Crippen molar-refractivity contribution in [3.63, 3.8) is 0 Å². The normalized spacial score (nSPS) is 28.7. The molecule has 4 nitrogen and oxygen atoms in total. The summed E-state index contributed by atoms with van der Waals surface area (Å²) in [5, 5.41) is 12.2. The first-order chi connectivity index (χ1) is 5.24. The van der Waals surface area contributed by atoms with Crippen LogP contribution in [0.4, 0.5) is 0 Å². The van der Waals surface area contributed by atoms with Gasteiger partial charge in [0.1, 0.15) is 0 Å². The first-order valence-corrected chi connectivity index (χ1v) is 3.72. The zero-order valence-corrected chi connectivity index (χ0v) is 6.29. The van der Waals surface area contributed by atoms with E-state index in [-0.39, 0.29) is 5.92 Å². The van der Waals surface area contributed by atoms with Gasteiger partial charge < -0.3 is 10.9 Å². The molecule has 0 heterocycles. The highest BCUT2D eigenvalue weighted by molar-refractivity contribution is 5.89. The molecule has 0 radical (unpaired) electrons. The Morgan fingerprint density at radius 3 is 3.00 bits per heavy atom. The number of carbonyl (C=O) groups is 1. The van der Waals surface area contributed by atoms with Gasteiger partial charge in [-0.25, -0.2) is 0 Å². The Bertz CT molecular complexity index is 189. The molecule has 1 atom stereocenters. The molecule has 3 N–H and O–H groups in total. The second kappa shape index (κ2) is 3.37. The van der Waals surface area contributed by atoms with Gasteiger partial charge >= 0.3 is 5.97 Å². The summed E-state index contributed by atoms with van der Waals surface area (Å²) < 4.78 is 0. The Labute approximate surface area is 65.1 Å². The minimum atomic E-state index is -0.731. The third kappa shape index (κ3) is 1.93. The Hall–Kier alpha value is -1.06. The highest BCUT2D eigenvalue weighted by Gasteiger charge is 2.23. The van der Waals surface area contributed by atoms with Crippen LogP contribution in [-0.2, 0) is 4.79 Å². The topological polar surface area (TPSA) is 75.7 Å². The molecule has 0 aliphatic heterocycles. The van der Waals surface area contributed by atoms with Crippen molar-refractivity contribution in [2.75, 3.05) is 0 Å². The molecule has 0 saturated heterocycles. The zero-order valence-electron chi connectivity index (χ0n) is 6.29. The van der Waals surface area contributed by atoms with Crippen LogP contribution in [0.5, 0.6) is 0 Å². The second-order valence-corrected chi connectivity index (χ2v) is 2.83. The second-order valence-electron chi connectivity index (χ2n) is 2.83. The fourth-order valence-electron chi connectivity index (χ4n) is 1.37. The van der Waals surface area contributed by atoms with Crippen molar-refractivity contribution in [2.45, 2.75) is 25.7 Å². The van der Waals surface area contributed by atoms with Gasteiger partial charge in [0.2, 0.25) is 0 Å². The maximum atomic E-state index is 10.5.